The average Bonchev–Trinajstić information content (AvgIpc) is 3.42. The van der Waals surface area contributed by atoms with E-state index in [-0.39, 0.29) is 6.04 Å². The van der Waals surface area contributed by atoms with E-state index in [1.54, 1.807) is 28.0 Å². The number of likely N-dealkylation sites (tertiary alicyclic amines) is 1. The molecule has 3 aromatic heterocycles. The van der Waals surface area contributed by atoms with E-state index in [1.807, 2.05) is 25.1 Å². The van der Waals surface area contributed by atoms with Crippen molar-refractivity contribution in [3.63, 3.8) is 0 Å². The molecule has 9 heteroatoms. The predicted octanol–water partition coefficient (Wildman–Crippen LogP) is 3.25. The van der Waals surface area contributed by atoms with E-state index in [1.165, 1.54) is 0 Å². The standard InChI is InChI=1S/C23H24N6O3/c1-2-32-18-9-19(22-17(10-24)12-26-29(22)13-18)16-3-4-21(25-11-16)27-7-5-15-6-8-28(23(30)31)20(15)14-27/h3-4,9,11-13,15,20H,2,5-8,14H2,1H3,(H,30,31)/t15-,20-/m1/s1. The monoisotopic (exact) mass is 432 g/mol. The molecule has 2 saturated heterocycles. The number of carbonyl (C=O) groups is 1. The van der Waals surface area contributed by atoms with Crippen molar-refractivity contribution in [3.05, 3.63) is 42.4 Å². The predicted molar refractivity (Wildman–Crippen MR) is 118 cm³/mol. The lowest BCUT2D eigenvalue weighted by atomic mass is 9.92. The van der Waals surface area contributed by atoms with Crippen LogP contribution in [0.2, 0.25) is 0 Å². The summed E-state index contributed by atoms with van der Waals surface area (Å²) >= 11 is 0. The fourth-order valence-corrected chi connectivity index (χ4v) is 4.96. The van der Waals surface area contributed by atoms with Gasteiger partial charge in [0.1, 0.15) is 17.6 Å². The minimum atomic E-state index is -0.838. The highest BCUT2D eigenvalue weighted by Crippen LogP contribution is 2.35. The van der Waals surface area contributed by atoms with Gasteiger partial charge in [0.2, 0.25) is 0 Å². The van der Waals surface area contributed by atoms with Crippen LogP contribution in [0.4, 0.5) is 10.6 Å². The highest BCUT2D eigenvalue weighted by atomic mass is 16.5. The number of fused-ring (bicyclic) bond motifs is 2. The summed E-state index contributed by atoms with van der Waals surface area (Å²) in [7, 11) is 0. The summed E-state index contributed by atoms with van der Waals surface area (Å²) in [6.07, 6.45) is 6.19. The summed E-state index contributed by atoms with van der Waals surface area (Å²) < 4.78 is 7.35. The van der Waals surface area contributed by atoms with Crippen molar-refractivity contribution in [2.45, 2.75) is 25.8 Å². The second kappa shape index (κ2) is 8.04. The number of pyridine rings is 2. The minimum absolute atomic E-state index is 0.0233. The summed E-state index contributed by atoms with van der Waals surface area (Å²) in [4.78, 5) is 20.0. The van der Waals surface area contributed by atoms with Gasteiger partial charge in [0.25, 0.3) is 0 Å². The van der Waals surface area contributed by atoms with Gasteiger partial charge >= 0.3 is 6.09 Å². The average molecular weight is 432 g/mol. The number of carboxylic acid groups (broad SMARTS) is 1. The van der Waals surface area contributed by atoms with Crippen LogP contribution in [0, 0.1) is 17.2 Å². The summed E-state index contributed by atoms with van der Waals surface area (Å²) in [5.41, 5.74) is 2.90. The Bertz CT molecular complexity index is 1200. The van der Waals surface area contributed by atoms with Crippen LogP contribution in [0.15, 0.2) is 36.8 Å². The van der Waals surface area contributed by atoms with Gasteiger partial charge in [-0.25, -0.2) is 14.3 Å². The third-order valence-electron chi connectivity index (χ3n) is 6.51. The Morgan fingerprint density at radius 3 is 2.88 bits per heavy atom. The molecule has 0 aromatic carbocycles. The van der Waals surface area contributed by atoms with E-state index in [0.717, 1.165) is 41.8 Å². The van der Waals surface area contributed by atoms with E-state index in [9.17, 15) is 15.2 Å². The molecule has 2 atom stereocenters. The van der Waals surface area contributed by atoms with Crippen molar-refractivity contribution >= 4 is 17.4 Å². The maximum absolute atomic E-state index is 11.6. The third kappa shape index (κ3) is 3.38. The summed E-state index contributed by atoms with van der Waals surface area (Å²) in [6.45, 7) is 4.59. The molecule has 0 radical (unpaired) electrons. The maximum atomic E-state index is 11.6. The van der Waals surface area contributed by atoms with Crippen molar-refractivity contribution in [1.82, 2.24) is 19.5 Å². The van der Waals surface area contributed by atoms with Gasteiger partial charge in [-0.15, -0.1) is 0 Å². The molecular formula is C23H24N6O3. The van der Waals surface area contributed by atoms with Crippen LogP contribution >= 0.6 is 0 Å². The Hall–Kier alpha value is -3.80. The molecule has 3 aromatic rings. The highest BCUT2D eigenvalue weighted by Gasteiger charge is 2.40. The van der Waals surface area contributed by atoms with Gasteiger partial charge in [-0.05, 0) is 43.9 Å². The molecule has 32 heavy (non-hydrogen) atoms. The SMILES string of the molecule is CCOc1cc(-c2ccc(N3CC[C@@H]4CCN(C(=O)O)[C@@H]4C3)nc2)c2c(C#N)cnn2c1. The zero-order chi connectivity index (χ0) is 22.2. The molecule has 0 bridgehead atoms. The number of rotatable bonds is 4. The van der Waals surface area contributed by atoms with Gasteiger partial charge in [0.05, 0.1) is 36.1 Å². The molecule has 164 valence electrons. The van der Waals surface area contributed by atoms with E-state index >= 15 is 0 Å². The summed E-state index contributed by atoms with van der Waals surface area (Å²) in [5.74, 6) is 1.93. The second-order valence-electron chi connectivity index (χ2n) is 8.22. The Morgan fingerprint density at radius 1 is 1.31 bits per heavy atom. The smallest absolute Gasteiger partial charge is 0.407 e. The first-order valence-electron chi connectivity index (χ1n) is 10.8. The Balaban J connectivity index is 1.45. The lowest BCUT2D eigenvalue weighted by Crippen LogP contribution is -2.49. The molecule has 9 nitrogen and oxygen atoms in total. The van der Waals surface area contributed by atoms with Crippen molar-refractivity contribution in [3.8, 4) is 22.9 Å². The molecule has 2 aliphatic rings. The molecule has 1 N–H and O–H groups in total. The van der Waals surface area contributed by atoms with Gasteiger partial charge in [0.15, 0.2) is 0 Å². The number of anilines is 1. The molecule has 2 fully saturated rings. The van der Waals surface area contributed by atoms with Crippen molar-refractivity contribution in [1.29, 1.82) is 5.26 Å². The molecule has 5 rings (SSSR count). The first-order valence-corrected chi connectivity index (χ1v) is 10.8. The fraction of sp³-hybridized carbons (Fsp3) is 0.391. The third-order valence-corrected chi connectivity index (χ3v) is 6.51. The van der Waals surface area contributed by atoms with Gasteiger partial charge in [-0.1, -0.05) is 0 Å². The molecule has 0 spiro atoms. The van der Waals surface area contributed by atoms with Crippen LogP contribution in [-0.2, 0) is 0 Å². The van der Waals surface area contributed by atoms with E-state index < -0.39 is 6.09 Å². The van der Waals surface area contributed by atoms with Crippen molar-refractivity contribution in [2.24, 2.45) is 5.92 Å². The minimum Gasteiger partial charge on any atom is -0.492 e. The number of hydrogen-bond donors (Lipinski definition) is 1. The number of aromatic nitrogens is 3. The quantitative estimate of drug-likeness (QED) is 0.674. The lowest BCUT2D eigenvalue weighted by Gasteiger charge is -2.38. The van der Waals surface area contributed by atoms with Crippen LogP contribution in [0.1, 0.15) is 25.3 Å². The number of piperidine rings is 1. The van der Waals surface area contributed by atoms with Gasteiger partial charge in [-0.3, -0.25) is 0 Å². The Labute approximate surface area is 185 Å². The largest absolute Gasteiger partial charge is 0.492 e. The number of nitriles is 1. The van der Waals surface area contributed by atoms with Gasteiger partial charge < -0.3 is 19.6 Å². The molecule has 0 unspecified atom stereocenters. The summed E-state index contributed by atoms with van der Waals surface area (Å²) in [5, 5.41) is 23.3. The molecule has 0 saturated carbocycles. The molecular weight excluding hydrogens is 408 g/mol. The fourth-order valence-electron chi connectivity index (χ4n) is 4.96. The van der Waals surface area contributed by atoms with Crippen molar-refractivity contribution < 1.29 is 14.6 Å². The van der Waals surface area contributed by atoms with Crippen molar-refractivity contribution in [2.75, 3.05) is 31.1 Å². The zero-order valence-electron chi connectivity index (χ0n) is 17.8. The number of amides is 1. The first-order chi connectivity index (χ1) is 15.6. The maximum Gasteiger partial charge on any atom is 0.407 e. The molecule has 2 aliphatic heterocycles. The summed E-state index contributed by atoms with van der Waals surface area (Å²) in [6, 6.07) is 8.08. The topological polar surface area (TPSA) is 107 Å². The Morgan fingerprint density at radius 2 is 2.16 bits per heavy atom. The van der Waals surface area contributed by atoms with Gasteiger partial charge in [-0.2, -0.15) is 10.4 Å². The normalized spacial score (nSPS) is 20.2. The van der Waals surface area contributed by atoms with Crippen LogP contribution in [0.25, 0.3) is 16.6 Å². The first kappa shape index (κ1) is 20.1. The van der Waals surface area contributed by atoms with E-state index in [0.29, 0.717) is 36.9 Å². The molecule has 5 heterocycles. The molecule has 0 aliphatic carbocycles. The second-order valence-corrected chi connectivity index (χ2v) is 8.22. The zero-order valence-corrected chi connectivity index (χ0v) is 17.8. The Kier molecular flexibility index (Phi) is 5.05. The number of hydrogen-bond acceptors (Lipinski definition) is 6. The highest BCUT2D eigenvalue weighted by molar-refractivity contribution is 5.85. The number of ether oxygens (including phenoxy) is 1. The van der Waals surface area contributed by atoms with Crippen LogP contribution in [0.5, 0.6) is 5.75 Å². The lowest BCUT2D eigenvalue weighted by molar-refractivity contribution is 0.131. The van der Waals surface area contributed by atoms with Crippen LogP contribution < -0.4 is 9.64 Å². The molecule has 1 amide bonds. The van der Waals surface area contributed by atoms with Crippen LogP contribution in [-0.4, -0.2) is 63.0 Å². The van der Waals surface area contributed by atoms with Crippen LogP contribution in [0.3, 0.4) is 0 Å². The van der Waals surface area contributed by atoms with E-state index in [4.69, 9.17) is 9.72 Å². The van der Waals surface area contributed by atoms with Gasteiger partial charge in [0, 0.05) is 37.0 Å². The van der Waals surface area contributed by atoms with E-state index in [2.05, 4.69) is 16.1 Å². The number of nitrogens with zero attached hydrogens (tertiary/aromatic N) is 6.